The second-order valence-corrected chi connectivity index (χ2v) is 4.40. The van der Waals surface area contributed by atoms with E-state index in [1.54, 1.807) is 0 Å². The summed E-state index contributed by atoms with van der Waals surface area (Å²) in [4.78, 5) is 11.4. The van der Waals surface area contributed by atoms with Crippen LogP contribution in [0.3, 0.4) is 0 Å². The topological polar surface area (TPSA) is 38.3 Å². The first-order chi connectivity index (χ1) is 6.56. The molecule has 0 bridgehead atoms. The maximum Gasteiger partial charge on any atom is 0.312 e. The Labute approximate surface area is 85.5 Å². The fourth-order valence-electron chi connectivity index (χ4n) is 1.53. The maximum absolute atomic E-state index is 11.4. The second kappa shape index (κ2) is 4.60. The first-order valence-electron chi connectivity index (χ1n) is 5.03. The Morgan fingerprint density at radius 2 is 2.07 bits per heavy atom. The van der Waals surface area contributed by atoms with Crippen molar-refractivity contribution in [1.82, 2.24) is 5.32 Å². The van der Waals surface area contributed by atoms with E-state index in [0.717, 1.165) is 12.8 Å². The molecule has 0 atom stereocenters. The SMILES string of the molecule is COC(=O)C(C)(C)CNC1CC=CC1. The van der Waals surface area contributed by atoms with E-state index in [9.17, 15) is 4.79 Å². The standard InChI is InChI=1S/C11H19NO2/c1-11(2,10(13)14-3)8-12-9-6-4-5-7-9/h4-5,9,12H,6-8H2,1-3H3. The van der Waals surface area contributed by atoms with Crippen LogP contribution in [-0.4, -0.2) is 25.7 Å². The molecule has 0 spiro atoms. The molecule has 1 N–H and O–H groups in total. The van der Waals surface area contributed by atoms with Crippen LogP contribution in [-0.2, 0) is 9.53 Å². The van der Waals surface area contributed by atoms with Gasteiger partial charge in [0.05, 0.1) is 12.5 Å². The van der Waals surface area contributed by atoms with Crippen molar-refractivity contribution in [2.45, 2.75) is 32.7 Å². The molecule has 0 saturated heterocycles. The third kappa shape index (κ3) is 2.84. The van der Waals surface area contributed by atoms with Gasteiger partial charge in [-0.2, -0.15) is 0 Å². The predicted molar refractivity (Wildman–Crippen MR) is 56.0 cm³/mol. The lowest BCUT2D eigenvalue weighted by molar-refractivity contribution is -0.150. The van der Waals surface area contributed by atoms with Crippen molar-refractivity contribution in [2.24, 2.45) is 5.41 Å². The van der Waals surface area contributed by atoms with Gasteiger partial charge in [-0.05, 0) is 26.7 Å². The van der Waals surface area contributed by atoms with Crippen LogP contribution in [0.15, 0.2) is 12.2 Å². The predicted octanol–water partition coefficient (Wildman–Crippen LogP) is 1.49. The zero-order valence-corrected chi connectivity index (χ0v) is 9.17. The lowest BCUT2D eigenvalue weighted by Gasteiger charge is -2.24. The molecule has 0 aliphatic heterocycles. The van der Waals surface area contributed by atoms with Gasteiger partial charge in [-0.3, -0.25) is 4.79 Å². The number of hydrogen-bond acceptors (Lipinski definition) is 3. The lowest BCUT2D eigenvalue weighted by atomic mass is 9.93. The van der Waals surface area contributed by atoms with Gasteiger partial charge in [0.25, 0.3) is 0 Å². The number of methoxy groups -OCH3 is 1. The van der Waals surface area contributed by atoms with Gasteiger partial charge < -0.3 is 10.1 Å². The molecule has 3 heteroatoms. The van der Waals surface area contributed by atoms with E-state index >= 15 is 0 Å². The van der Waals surface area contributed by atoms with Gasteiger partial charge in [-0.25, -0.2) is 0 Å². The molecule has 0 heterocycles. The second-order valence-electron chi connectivity index (χ2n) is 4.40. The molecule has 14 heavy (non-hydrogen) atoms. The van der Waals surface area contributed by atoms with E-state index in [2.05, 4.69) is 17.5 Å². The largest absolute Gasteiger partial charge is 0.469 e. The smallest absolute Gasteiger partial charge is 0.312 e. The number of nitrogens with one attached hydrogen (secondary N) is 1. The van der Waals surface area contributed by atoms with Gasteiger partial charge in [0.1, 0.15) is 0 Å². The Balaban J connectivity index is 2.31. The normalized spacial score (nSPS) is 17.4. The van der Waals surface area contributed by atoms with Crippen molar-refractivity contribution in [1.29, 1.82) is 0 Å². The molecule has 0 aromatic carbocycles. The summed E-state index contributed by atoms with van der Waals surface area (Å²) in [6.45, 7) is 4.47. The van der Waals surface area contributed by atoms with E-state index in [4.69, 9.17) is 4.74 Å². The van der Waals surface area contributed by atoms with Crippen LogP contribution in [0.4, 0.5) is 0 Å². The summed E-state index contributed by atoms with van der Waals surface area (Å²) in [5.74, 6) is -0.157. The first kappa shape index (κ1) is 11.2. The van der Waals surface area contributed by atoms with Crippen molar-refractivity contribution in [3.05, 3.63) is 12.2 Å². The van der Waals surface area contributed by atoms with Gasteiger partial charge in [-0.15, -0.1) is 0 Å². The summed E-state index contributed by atoms with van der Waals surface area (Å²) >= 11 is 0. The van der Waals surface area contributed by atoms with E-state index in [1.807, 2.05) is 13.8 Å². The summed E-state index contributed by atoms with van der Waals surface area (Å²) in [7, 11) is 1.43. The van der Waals surface area contributed by atoms with E-state index in [1.165, 1.54) is 7.11 Å². The number of esters is 1. The zero-order chi connectivity index (χ0) is 10.6. The molecule has 1 aliphatic carbocycles. The highest BCUT2D eigenvalue weighted by molar-refractivity contribution is 5.76. The van der Waals surface area contributed by atoms with Crippen molar-refractivity contribution >= 4 is 5.97 Å². The molecule has 0 aromatic heterocycles. The zero-order valence-electron chi connectivity index (χ0n) is 9.17. The molecule has 0 fully saturated rings. The van der Waals surface area contributed by atoms with Gasteiger partial charge in [-0.1, -0.05) is 12.2 Å². The maximum atomic E-state index is 11.4. The number of ether oxygens (including phenoxy) is 1. The van der Waals surface area contributed by atoms with E-state index in [0.29, 0.717) is 12.6 Å². The monoisotopic (exact) mass is 197 g/mol. The van der Waals surface area contributed by atoms with Crippen molar-refractivity contribution in [2.75, 3.05) is 13.7 Å². The lowest BCUT2D eigenvalue weighted by Crippen LogP contribution is -2.40. The minimum Gasteiger partial charge on any atom is -0.469 e. The van der Waals surface area contributed by atoms with Gasteiger partial charge >= 0.3 is 5.97 Å². The highest BCUT2D eigenvalue weighted by atomic mass is 16.5. The average molecular weight is 197 g/mol. The Kier molecular flexibility index (Phi) is 3.69. The Hall–Kier alpha value is -0.830. The quantitative estimate of drug-likeness (QED) is 0.548. The summed E-state index contributed by atoms with van der Waals surface area (Å²) in [6, 6.07) is 0.499. The number of carbonyl (C=O) groups excluding carboxylic acids is 1. The number of rotatable bonds is 4. The molecular formula is C11H19NO2. The van der Waals surface area contributed by atoms with Crippen LogP contribution in [0.25, 0.3) is 0 Å². The average Bonchev–Trinajstić information content (AvgIpc) is 2.66. The molecule has 1 aliphatic rings. The third-order valence-electron chi connectivity index (χ3n) is 2.58. The van der Waals surface area contributed by atoms with Gasteiger partial charge in [0.2, 0.25) is 0 Å². The van der Waals surface area contributed by atoms with Crippen LogP contribution >= 0.6 is 0 Å². The van der Waals surface area contributed by atoms with Crippen molar-refractivity contribution in [3.63, 3.8) is 0 Å². The van der Waals surface area contributed by atoms with Crippen molar-refractivity contribution in [3.8, 4) is 0 Å². The van der Waals surface area contributed by atoms with Gasteiger partial charge in [0.15, 0.2) is 0 Å². The molecule has 3 nitrogen and oxygen atoms in total. The number of hydrogen-bond donors (Lipinski definition) is 1. The van der Waals surface area contributed by atoms with Crippen LogP contribution < -0.4 is 5.32 Å². The molecule has 80 valence electrons. The molecule has 0 radical (unpaired) electrons. The Morgan fingerprint density at radius 1 is 1.50 bits per heavy atom. The summed E-state index contributed by atoms with van der Waals surface area (Å²) < 4.78 is 4.74. The fourth-order valence-corrected chi connectivity index (χ4v) is 1.53. The summed E-state index contributed by atoms with van der Waals surface area (Å²) in [5.41, 5.74) is -0.433. The Morgan fingerprint density at radius 3 is 2.57 bits per heavy atom. The summed E-state index contributed by atoms with van der Waals surface area (Å²) in [6.07, 6.45) is 6.47. The molecule has 0 amide bonds. The highest BCUT2D eigenvalue weighted by Crippen LogP contribution is 2.17. The summed E-state index contributed by atoms with van der Waals surface area (Å²) in [5, 5.41) is 3.37. The van der Waals surface area contributed by atoms with Crippen LogP contribution in [0.5, 0.6) is 0 Å². The fraction of sp³-hybridized carbons (Fsp3) is 0.727. The molecular weight excluding hydrogens is 178 g/mol. The van der Waals surface area contributed by atoms with Gasteiger partial charge in [0, 0.05) is 12.6 Å². The minimum absolute atomic E-state index is 0.157. The minimum atomic E-state index is -0.433. The van der Waals surface area contributed by atoms with Crippen LogP contribution in [0.2, 0.25) is 0 Å². The Bertz CT molecular complexity index is 225. The first-order valence-corrected chi connectivity index (χ1v) is 5.03. The number of carbonyl (C=O) groups is 1. The molecule has 0 aromatic rings. The van der Waals surface area contributed by atoms with E-state index in [-0.39, 0.29) is 5.97 Å². The third-order valence-corrected chi connectivity index (χ3v) is 2.58. The van der Waals surface area contributed by atoms with Crippen molar-refractivity contribution < 1.29 is 9.53 Å². The molecule has 0 unspecified atom stereocenters. The van der Waals surface area contributed by atoms with Crippen LogP contribution in [0, 0.1) is 5.41 Å². The van der Waals surface area contributed by atoms with Crippen LogP contribution in [0.1, 0.15) is 26.7 Å². The van der Waals surface area contributed by atoms with E-state index < -0.39 is 5.41 Å². The molecule has 1 rings (SSSR count). The highest BCUT2D eigenvalue weighted by Gasteiger charge is 2.29. The molecule has 0 saturated carbocycles.